The Morgan fingerprint density at radius 3 is 2.70 bits per heavy atom. The maximum absolute atomic E-state index is 12.3. The third-order valence-corrected chi connectivity index (χ3v) is 4.21. The number of carbonyl (C=O) groups excluding carboxylic acids is 1. The van der Waals surface area contributed by atoms with Gasteiger partial charge in [0.25, 0.3) is 10.2 Å². The molecule has 8 nitrogen and oxygen atoms in total. The highest BCUT2D eigenvalue weighted by atomic mass is 32.2. The van der Waals surface area contributed by atoms with Gasteiger partial charge in [-0.15, -0.1) is 0 Å². The minimum absolute atomic E-state index is 0.0359. The van der Waals surface area contributed by atoms with Crippen molar-refractivity contribution in [3.63, 3.8) is 0 Å². The highest BCUT2D eigenvalue weighted by molar-refractivity contribution is 7.87. The molecule has 0 saturated carbocycles. The zero-order valence-corrected chi connectivity index (χ0v) is 13.3. The van der Waals surface area contributed by atoms with Crippen molar-refractivity contribution >= 4 is 21.9 Å². The molecule has 4 N–H and O–H groups in total. The van der Waals surface area contributed by atoms with E-state index in [1.165, 1.54) is 0 Å². The summed E-state index contributed by atoms with van der Waals surface area (Å²) >= 11 is 0. The zero-order chi connectivity index (χ0) is 16.9. The lowest BCUT2D eigenvalue weighted by molar-refractivity contribution is 0.178. The Morgan fingerprint density at radius 2 is 2.09 bits per heavy atom. The van der Waals surface area contributed by atoms with Gasteiger partial charge in [-0.1, -0.05) is 0 Å². The monoisotopic (exact) mass is 337 g/mol. The lowest BCUT2D eigenvalue weighted by Crippen LogP contribution is -2.46. The Bertz CT molecular complexity index is 696. The van der Waals surface area contributed by atoms with Crippen LogP contribution in [0.1, 0.15) is 18.4 Å². The van der Waals surface area contributed by atoms with Gasteiger partial charge >= 0.3 is 6.03 Å². The third-order valence-electron chi connectivity index (χ3n) is 3.64. The summed E-state index contributed by atoms with van der Waals surface area (Å²) in [6.07, 6.45) is 1.64. The summed E-state index contributed by atoms with van der Waals surface area (Å²) in [7, 11) is -3.71. The molecular formula is C14H19N5O3S. The highest BCUT2D eigenvalue weighted by Gasteiger charge is 2.24. The fourth-order valence-corrected chi connectivity index (χ4v) is 2.95. The van der Waals surface area contributed by atoms with Crippen LogP contribution in [0.15, 0.2) is 24.3 Å². The van der Waals surface area contributed by atoms with Gasteiger partial charge in [0.1, 0.15) is 0 Å². The number of amides is 2. The summed E-state index contributed by atoms with van der Waals surface area (Å²) in [4.78, 5) is 13.9. The van der Waals surface area contributed by atoms with Crippen LogP contribution in [0.25, 0.3) is 0 Å². The molecule has 0 bridgehead atoms. The third kappa shape index (κ3) is 5.52. The van der Waals surface area contributed by atoms with Gasteiger partial charge in [-0.25, -0.2) is 14.7 Å². The van der Waals surface area contributed by atoms with Gasteiger partial charge in [-0.2, -0.15) is 13.7 Å². The number of piperidine rings is 1. The van der Waals surface area contributed by atoms with Crippen molar-refractivity contribution in [2.75, 3.05) is 25.0 Å². The molecular weight excluding hydrogens is 318 g/mol. The number of benzene rings is 1. The van der Waals surface area contributed by atoms with Gasteiger partial charge in [0, 0.05) is 25.3 Å². The summed E-state index contributed by atoms with van der Waals surface area (Å²) in [5, 5.41) is 16.4. The molecule has 1 atom stereocenters. The van der Waals surface area contributed by atoms with Gasteiger partial charge in [0.15, 0.2) is 0 Å². The Kier molecular flexibility index (Phi) is 5.54. The van der Waals surface area contributed by atoms with E-state index in [9.17, 15) is 13.2 Å². The SMILES string of the molecule is N#Cc1ccc(NC(=O)N2CCC[C@H](CNS(N)(=O)=O)C2)cc1. The molecule has 0 radical (unpaired) electrons. The van der Waals surface area contributed by atoms with E-state index in [0.29, 0.717) is 24.3 Å². The lowest BCUT2D eigenvalue weighted by atomic mass is 9.99. The van der Waals surface area contributed by atoms with Crippen LogP contribution in [0, 0.1) is 17.2 Å². The Labute approximate surface area is 135 Å². The predicted octanol–water partition coefficient (Wildman–Crippen LogP) is 0.595. The van der Waals surface area contributed by atoms with Crippen LogP contribution in [0.3, 0.4) is 0 Å². The first kappa shape index (κ1) is 17.2. The summed E-state index contributed by atoms with van der Waals surface area (Å²) in [5.74, 6) is 0.0359. The minimum Gasteiger partial charge on any atom is -0.324 e. The molecule has 1 heterocycles. The molecule has 23 heavy (non-hydrogen) atoms. The van der Waals surface area contributed by atoms with Crippen LogP contribution in [0.5, 0.6) is 0 Å². The quantitative estimate of drug-likeness (QED) is 0.743. The molecule has 2 rings (SSSR count). The van der Waals surface area contributed by atoms with E-state index in [2.05, 4.69) is 10.0 Å². The van der Waals surface area contributed by atoms with Crippen molar-refractivity contribution < 1.29 is 13.2 Å². The van der Waals surface area contributed by atoms with Crippen molar-refractivity contribution in [1.82, 2.24) is 9.62 Å². The van der Waals surface area contributed by atoms with Crippen LogP contribution in [-0.4, -0.2) is 39.0 Å². The Morgan fingerprint density at radius 1 is 1.39 bits per heavy atom. The molecule has 1 aromatic rings. The number of likely N-dealkylation sites (tertiary alicyclic amines) is 1. The summed E-state index contributed by atoms with van der Waals surface area (Å²) in [6, 6.07) is 8.37. The van der Waals surface area contributed by atoms with Crippen molar-refractivity contribution in [3.8, 4) is 6.07 Å². The molecule has 1 saturated heterocycles. The van der Waals surface area contributed by atoms with Gasteiger partial charge in [-0.3, -0.25) is 0 Å². The second-order valence-electron chi connectivity index (χ2n) is 5.47. The molecule has 1 aliphatic heterocycles. The van der Waals surface area contributed by atoms with Crippen LogP contribution in [-0.2, 0) is 10.2 Å². The number of hydrogen-bond acceptors (Lipinski definition) is 4. The topological polar surface area (TPSA) is 128 Å². The molecule has 2 amide bonds. The lowest BCUT2D eigenvalue weighted by Gasteiger charge is -2.32. The highest BCUT2D eigenvalue weighted by Crippen LogP contribution is 2.17. The number of nitrogens with one attached hydrogen (secondary N) is 2. The van der Waals surface area contributed by atoms with Gasteiger partial charge < -0.3 is 10.2 Å². The molecule has 1 fully saturated rings. The van der Waals surface area contributed by atoms with Crippen molar-refractivity contribution in [3.05, 3.63) is 29.8 Å². The van der Waals surface area contributed by atoms with E-state index < -0.39 is 10.2 Å². The Hall–Kier alpha value is -2.15. The van der Waals surface area contributed by atoms with E-state index in [-0.39, 0.29) is 18.5 Å². The second-order valence-corrected chi connectivity index (χ2v) is 6.85. The number of nitriles is 1. The first-order valence-electron chi connectivity index (χ1n) is 7.21. The standard InChI is InChI=1S/C14H19N5O3S/c15-8-11-3-5-13(6-4-11)18-14(20)19-7-1-2-12(10-19)9-17-23(16,21)22/h3-6,12,17H,1-2,7,9-10H2,(H,18,20)(H2,16,21,22)/t12-/m1/s1. The molecule has 1 aliphatic rings. The van der Waals surface area contributed by atoms with Gasteiger partial charge in [0.2, 0.25) is 0 Å². The number of nitrogens with zero attached hydrogens (tertiary/aromatic N) is 2. The fraction of sp³-hybridized carbons (Fsp3) is 0.429. The van der Waals surface area contributed by atoms with Gasteiger partial charge in [-0.05, 0) is 43.0 Å². The number of nitrogens with two attached hydrogens (primary N) is 1. The van der Waals surface area contributed by atoms with Crippen LogP contribution in [0.4, 0.5) is 10.5 Å². The van der Waals surface area contributed by atoms with E-state index in [1.807, 2.05) is 6.07 Å². The smallest absolute Gasteiger partial charge is 0.321 e. The molecule has 0 unspecified atom stereocenters. The second kappa shape index (κ2) is 7.41. The summed E-state index contributed by atoms with van der Waals surface area (Å²) in [6.45, 7) is 1.30. The van der Waals surface area contributed by atoms with E-state index >= 15 is 0 Å². The summed E-state index contributed by atoms with van der Waals surface area (Å²) < 4.78 is 24.1. The molecule has 0 aliphatic carbocycles. The zero-order valence-electron chi connectivity index (χ0n) is 12.5. The maximum Gasteiger partial charge on any atom is 0.321 e. The molecule has 1 aromatic carbocycles. The molecule has 0 aromatic heterocycles. The molecule has 124 valence electrons. The van der Waals surface area contributed by atoms with E-state index in [0.717, 1.165) is 12.8 Å². The fourth-order valence-electron chi connectivity index (χ4n) is 2.48. The van der Waals surface area contributed by atoms with Crippen LogP contribution >= 0.6 is 0 Å². The summed E-state index contributed by atoms with van der Waals surface area (Å²) in [5.41, 5.74) is 1.13. The first-order valence-corrected chi connectivity index (χ1v) is 8.75. The normalized spacial score (nSPS) is 18.3. The molecule has 0 spiro atoms. The first-order chi connectivity index (χ1) is 10.9. The predicted molar refractivity (Wildman–Crippen MR) is 85.6 cm³/mol. The number of hydrogen-bond donors (Lipinski definition) is 3. The van der Waals surface area contributed by atoms with E-state index in [1.54, 1.807) is 29.2 Å². The minimum atomic E-state index is -3.71. The largest absolute Gasteiger partial charge is 0.324 e. The number of carbonyl (C=O) groups is 1. The van der Waals surface area contributed by atoms with Crippen molar-refractivity contribution in [2.24, 2.45) is 11.1 Å². The van der Waals surface area contributed by atoms with Crippen molar-refractivity contribution in [2.45, 2.75) is 12.8 Å². The number of urea groups is 1. The van der Waals surface area contributed by atoms with E-state index in [4.69, 9.17) is 10.4 Å². The van der Waals surface area contributed by atoms with Gasteiger partial charge in [0.05, 0.1) is 11.6 Å². The van der Waals surface area contributed by atoms with Crippen molar-refractivity contribution in [1.29, 1.82) is 5.26 Å². The maximum atomic E-state index is 12.3. The Balaban J connectivity index is 1.89. The number of anilines is 1. The average Bonchev–Trinajstić information content (AvgIpc) is 2.53. The average molecular weight is 337 g/mol. The molecule has 9 heteroatoms. The van der Waals surface area contributed by atoms with Crippen LogP contribution < -0.4 is 15.2 Å². The number of rotatable bonds is 4. The van der Waals surface area contributed by atoms with Crippen LogP contribution in [0.2, 0.25) is 0 Å².